The van der Waals surface area contributed by atoms with Crippen molar-refractivity contribution >= 4 is 12.0 Å². The summed E-state index contributed by atoms with van der Waals surface area (Å²) in [6.07, 6.45) is 13.9. The van der Waals surface area contributed by atoms with E-state index in [1.165, 1.54) is 22.3 Å². The van der Waals surface area contributed by atoms with Gasteiger partial charge >= 0.3 is 0 Å². The number of nitrogens with zero attached hydrogens (tertiary/aromatic N) is 3. The monoisotopic (exact) mass is 341 g/mol. The molecule has 0 amide bonds. The summed E-state index contributed by atoms with van der Waals surface area (Å²) in [5.41, 5.74) is 6.07. The Morgan fingerprint density at radius 1 is 1.00 bits per heavy atom. The van der Waals surface area contributed by atoms with Crippen LogP contribution in [0.15, 0.2) is 51.7 Å². The number of hydrazone groups is 1. The summed E-state index contributed by atoms with van der Waals surface area (Å²) in [6, 6.07) is 0. The van der Waals surface area contributed by atoms with Gasteiger partial charge in [0.2, 0.25) is 0 Å². The van der Waals surface area contributed by atoms with Crippen molar-refractivity contribution in [1.82, 2.24) is 10.1 Å². The first-order valence-electron chi connectivity index (χ1n) is 8.98. The summed E-state index contributed by atoms with van der Waals surface area (Å²) in [7, 11) is 5.91. The average Bonchev–Trinajstić information content (AvgIpc) is 2.61. The molecule has 0 spiro atoms. The van der Waals surface area contributed by atoms with Crippen LogP contribution in [0.1, 0.15) is 46.5 Å². The number of rotatable bonds is 6. The van der Waals surface area contributed by atoms with E-state index >= 15 is 0 Å². The lowest BCUT2D eigenvalue weighted by atomic mass is 9.78. The van der Waals surface area contributed by atoms with Gasteiger partial charge in [0.25, 0.3) is 0 Å². The number of carbonyl (C=O) groups is 1. The second kappa shape index (κ2) is 7.96. The summed E-state index contributed by atoms with van der Waals surface area (Å²) in [5.74, 6) is 0. The fourth-order valence-corrected chi connectivity index (χ4v) is 3.09. The van der Waals surface area contributed by atoms with Gasteiger partial charge in [-0.05, 0) is 63.2 Å². The van der Waals surface area contributed by atoms with Crippen LogP contribution in [0.3, 0.4) is 0 Å². The fraction of sp³-hybridized carbons (Fsp3) is 0.524. The lowest BCUT2D eigenvalue weighted by Gasteiger charge is -2.26. The minimum Gasteiger partial charge on any atom is -0.302 e. The van der Waals surface area contributed by atoms with E-state index in [0.717, 1.165) is 37.7 Å². The smallest absolute Gasteiger partial charge is 0.129 e. The molecule has 4 nitrogen and oxygen atoms in total. The number of hydrazine groups is 1. The molecule has 0 bridgehead atoms. The third-order valence-corrected chi connectivity index (χ3v) is 5.17. The molecule has 136 valence electrons. The summed E-state index contributed by atoms with van der Waals surface area (Å²) in [5, 5.41) is 8.40. The van der Waals surface area contributed by atoms with E-state index < -0.39 is 0 Å². The first kappa shape index (κ1) is 19.4. The van der Waals surface area contributed by atoms with Crippen molar-refractivity contribution < 1.29 is 4.79 Å². The van der Waals surface area contributed by atoms with Gasteiger partial charge in [0.15, 0.2) is 0 Å². The molecule has 0 saturated heterocycles. The van der Waals surface area contributed by atoms with E-state index in [0.29, 0.717) is 0 Å². The topological polar surface area (TPSA) is 35.9 Å². The average molecular weight is 341 g/mol. The Hall–Kier alpha value is -1.94. The number of allylic oxidation sites excluding steroid dienone is 8. The second-order valence-corrected chi connectivity index (χ2v) is 7.63. The maximum absolute atomic E-state index is 11.2. The van der Waals surface area contributed by atoms with Crippen molar-refractivity contribution in [2.75, 3.05) is 21.1 Å². The van der Waals surface area contributed by atoms with Crippen LogP contribution in [0.25, 0.3) is 0 Å². The Morgan fingerprint density at radius 2 is 1.60 bits per heavy atom. The molecular weight excluding hydrogens is 310 g/mol. The Kier molecular flexibility index (Phi) is 6.17. The van der Waals surface area contributed by atoms with Gasteiger partial charge < -0.3 is 4.79 Å². The highest BCUT2D eigenvalue weighted by molar-refractivity contribution is 5.98. The van der Waals surface area contributed by atoms with E-state index in [4.69, 9.17) is 0 Å². The molecule has 2 aliphatic carbocycles. The molecule has 25 heavy (non-hydrogen) atoms. The Labute approximate surface area is 152 Å². The lowest BCUT2D eigenvalue weighted by molar-refractivity contribution is -0.113. The van der Waals surface area contributed by atoms with Crippen molar-refractivity contribution in [2.45, 2.75) is 46.5 Å². The van der Waals surface area contributed by atoms with Crippen LogP contribution in [-0.4, -0.2) is 43.3 Å². The van der Waals surface area contributed by atoms with Gasteiger partial charge in [-0.3, -0.25) is 0 Å². The molecule has 0 aliphatic heterocycles. The van der Waals surface area contributed by atoms with E-state index in [2.05, 4.69) is 36.3 Å². The highest BCUT2D eigenvalue weighted by Crippen LogP contribution is 2.36. The predicted octanol–water partition coefficient (Wildman–Crippen LogP) is 4.29. The third-order valence-electron chi connectivity index (χ3n) is 5.17. The third kappa shape index (κ3) is 4.79. The summed E-state index contributed by atoms with van der Waals surface area (Å²) in [4.78, 5) is 11.2. The highest BCUT2D eigenvalue weighted by Gasteiger charge is 2.24. The minimum atomic E-state index is -0.345. The van der Waals surface area contributed by atoms with Gasteiger partial charge in [-0.15, -0.1) is 0 Å². The van der Waals surface area contributed by atoms with Crippen molar-refractivity contribution in [3.05, 3.63) is 46.6 Å². The van der Waals surface area contributed by atoms with Crippen LogP contribution in [0.2, 0.25) is 0 Å². The molecule has 0 unspecified atom stereocenters. The molecule has 2 rings (SSSR count). The number of carbonyl (C=O) groups excluding carboxylic acids is 1. The minimum absolute atomic E-state index is 0.345. The van der Waals surface area contributed by atoms with Crippen LogP contribution in [0.5, 0.6) is 0 Å². The van der Waals surface area contributed by atoms with Crippen LogP contribution in [0, 0.1) is 5.41 Å². The predicted molar refractivity (Wildman–Crippen MR) is 105 cm³/mol. The number of hydrogen-bond donors (Lipinski definition) is 0. The first-order chi connectivity index (χ1) is 11.7. The van der Waals surface area contributed by atoms with E-state index in [1.54, 1.807) is 0 Å². The van der Waals surface area contributed by atoms with Crippen LogP contribution in [0.4, 0.5) is 0 Å². The zero-order valence-electron chi connectivity index (χ0n) is 16.5. The molecular formula is C21H31N3O. The highest BCUT2D eigenvalue weighted by atomic mass is 16.1. The van der Waals surface area contributed by atoms with Gasteiger partial charge in [0.05, 0.1) is 5.71 Å². The molecule has 0 aromatic heterocycles. The van der Waals surface area contributed by atoms with Crippen molar-refractivity contribution in [3.63, 3.8) is 0 Å². The second-order valence-electron chi connectivity index (χ2n) is 7.63. The molecule has 0 atom stereocenters. The molecule has 2 aliphatic rings. The standard InChI is InChI=1S/C21H31N3O/c1-16(22-24(6)23(4)5)17-7-9-18(10-8-17)19-11-13-20(14-12-19)21(2,3)15-25/h7,9,11,13,15H,8,10,12,14H2,1-6H3/b22-16+. The van der Waals surface area contributed by atoms with Crippen LogP contribution < -0.4 is 0 Å². The van der Waals surface area contributed by atoms with Gasteiger partial charge in [-0.25, -0.2) is 10.1 Å². The zero-order chi connectivity index (χ0) is 18.6. The molecule has 0 aromatic rings. The van der Waals surface area contributed by atoms with Crippen molar-refractivity contribution in [3.8, 4) is 0 Å². The van der Waals surface area contributed by atoms with E-state index in [-0.39, 0.29) is 5.41 Å². The SMILES string of the molecule is C/C(=N\N(C)N(C)C)C1=CC=C(C2=CC=C(C(C)(C)C=O)CC2)CC1. The van der Waals surface area contributed by atoms with Crippen molar-refractivity contribution in [2.24, 2.45) is 10.5 Å². The molecule has 0 aromatic carbocycles. The number of hydrogen-bond acceptors (Lipinski definition) is 4. The van der Waals surface area contributed by atoms with Gasteiger partial charge in [-0.1, -0.05) is 29.9 Å². The van der Waals surface area contributed by atoms with Crippen LogP contribution >= 0.6 is 0 Å². The van der Waals surface area contributed by atoms with Gasteiger partial charge in [0.1, 0.15) is 6.29 Å². The maximum atomic E-state index is 11.2. The summed E-state index contributed by atoms with van der Waals surface area (Å²) in [6.45, 7) is 6.06. The van der Waals surface area contributed by atoms with Gasteiger partial charge in [0, 0.05) is 26.6 Å². The Bertz CT molecular complexity index is 675. The van der Waals surface area contributed by atoms with E-state index in [9.17, 15) is 4.79 Å². The molecule has 0 radical (unpaired) electrons. The Morgan fingerprint density at radius 3 is 2.04 bits per heavy atom. The molecule has 0 fully saturated rings. The fourth-order valence-electron chi connectivity index (χ4n) is 3.09. The first-order valence-corrected chi connectivity index (χ1v) is 8.98. The lowest BCUT2D eigenvalue weighted by Crippen LogP contribution is -2.29. The largest absolute Gasteiger partial charge is 0.302 e. The van der Waals surface area contributed by atoms with Crippen molar-refractivity contribution in [1.29, 1.82) is 0 Å². The molecule has 4 heteroatoms. The zero-order valence-corrected chi connectivity index (χ0v) is 16.5. The van der Waals surface area contributed by atoms with E-state index in [1.807, 2.05) is 45.1 Å². The normalized spacial score (nSPS) is 19.1. The van der Waals surface area contributed by atoms with Crippen LogP contribution in [-0.2, 0) is 4.79 Å². The Balaban J connectivity index is 2.13. The quantitative estimate of drug-likeness (QED) is 0.411. The summed E-state index contributed by atoms with van der Waals surface area (Å²) < 4.78 is 0. The molecule has 0 saturated carbocycles. The molecule has 0 N–H and O–H groups in total. The maximum Gasteiger partial charge on any atom is 0.129 e. The number of aldehydes is 1. The molecule has 0 heterocycles. The van der Waals surface area contributed by atoms with Gasteiger partial charge in [-0.2, -0.15) is 5.10 Å². The summed E-state index contributed by atoms with van der Waals surface area (Å²) >= 11 is 0.